The highest BCUT2D eigenvalue weighted by atomic mass is 32.2. The summed E-state index contributed by atoms with van der Waals surface area (Å²) in [5.41, 5.74) is 0.682. The van der Waals surface area contributed by atoms with Crippen LogP contribution in [0, 0.1) is 0 Å². The number of carbonyl (C=O) groups excluding carboxylic acids is 2. The lowest BCUT2D eigenvalue weighted by molar-refractivity contribution is -0.114. The van der Waals surface area contributed by atoms with Crippen LogP contribution in [0.2, 0.25) is 0 Å². The Balaban J connectivity index is 1.60. The van der Waals surface area contributed by atoms with Gasteiger partial charge in [0.1, 0.15) is 18.1 Å². The highest BCUT2D eigenvalue weighted by molar-refractivity contribution is 7.92. The summed E-state index contributed by atoms with van der Waals surface area (Å²) in [6.45, 7) is 1.71. The Bertz CT molecular complexity index is 1490. The van der Waals surface area contributed by atoms with Crippen molar-refractivity contribution in [3.63, 3.8) is 0 Å². The van der Waals surface area contributed by atoms with Crippen molar-refractivity contribution >= 4 is 33.2 Å². The number of benzene rings is 3. The van der Waals surface area contributed by atoms with Crippen molar-refractivity contribution in [3.05, 3.63) is 109 Å². The standard InChI is InChI=1S/C28H27N3O6S/c1-2-36-26-17-9-8-16-25(26)31(38(34,35)22-12-4-3-5-13-22)20-27(32)30-24-15-7-6-14-23(24)28(33)29-19-21-11-10-18-37-21/h3-18H,2,19-20H2,1H3,(H,29,33)(H,30,32). The molecule has 0 unspecified atom stereocenters. The van der Waals surface area contributed by atoms with E-state index in [1.54, 1.807) is 85.8 Å². The quantitative estimate of drug-likeness (QED) is 0.294. The SMILES string of the molecule is CCOc1ccccc1N(CC(=O)Nc1ccccc1C(=O)NCc1ccco1)S(=O)(=O)c1ccccc1. The number of furan rings is 1. The number of amides is 2. The van der Waals surface area contributed by atoms with Crippen molar-refractivity contribution in [2.45, 2.75) is 18.4 Å². The Kier molecular flexibility index (Phi) is 8.44. The van der Waals surface area contributed by atoms with E-state index in [2.05, 4.69) is 10.6 Å². The molecule has 0 aliphatic rings. The lowest BCUT2D eigenvalue weighted by Gasteiger charge is -2.26. The summed E-state index contributed by atoms with van der Waals surface area (Å²) in [4.78, 5) is 26.1. The number of anilines is 2. The van der Waals surface area contributed by atoms with Gasteiger partial charge in [-0.2, -0.15) is 0 Å². The van der Waals surface area contributed by atoms with Gasteiger partial charge in [-0.05, 0) is 55.5 Å². The van der Waals surface area contributed by atoms with Gasteiger partial charge in [0.2, 0.25) is 5.91 Å². The molecule has 1 aromatic heterocycles. The molecular weight excluding hydrogens is 506 g/mol. The molecule has 2 N–H and O–H groups in total. The predicted molar refractivity (Wildman–Crippen MR) is 144 cm³/mol. The fourth-order valence-corrected chi connectivity index (χ4v) is 5.20. The third kappa shape index (κ3) is 6.22. The zero-order valence-corrected chi connectivity index (χ0v) is 21.5. The van der Waals surface area contributed by atoms with Gasteiger partial charge in [-0.1, -0.05) is 42.5 Å². The Morgan fingerprint density at radius 2 is 1.61 bits per heavy atom. The van der Waals surface area contributed by atoms with E-state index in [9.17, 15) is 18.0 Å². The molecule has 0 radical (unpaired) electrons. The number of carbonyl (C=O) groups is 2. The van der Waals surface area contributed by atoms with Gasteiger partial charge in [-0.15, -0.1) is 0 Å². The molecule has 3 aromatic carbocycles. The average Bonchev–Trinajstić information content (AvgIpc) is 3.46. The lowest BCUT2D eigenvalue weighted by Crippen LogP contribution is -2.38. The van der Waals surface area contributed by atoms with Gasteiger partial charge in [0.15, 0.2) is 0 Å². The molecule has 0 spiro atoms. The topological polar surface area (TPSA) is 118 Å². The summed E-state index contributed by atoms with van der Waals surface area (Å²) in [6, 6.07) is 24.4. The van der Waals surface area contributed by atoms with Crippen LogP contribution in [0.15, 0.2) is 107 Å². The van der Waals surface area contributed by atoms with Gasteiger partial charge < -0.3 is 19.8 Å². The number of hydrogen-bond donors (Lipinski definition) is 2. The molecule has 0 saturated heterocycles. The predicted octanol–water partition coefficient (Wildman–Crippen LogP) is 4.44. The normalized spacial score (nSPS) is 11.0. The minimum Gasteiger partial charge on any atom is -0.492 e. The summed E-state index contributed by atoms with van der Waals surface area (Å²) in [5, 5.41) is 5.43. The molecule has 0 aliphatic heterocycles. The van der Waals surface area contributed by atoms with Gasteiger partial charge in [0.05, 0.1) is 41.2 Å². The van der Waals surface area contributed by atoms with E-state index in [-0.39, 0.29) is 28.4 Å². The molecule has 38 heavy (non-hydrogen) atoms. The third-order valence-corrected chi connectivity index (χ3v) is 7.28. The molecule has 0 atom stereocenters. The maximum absolute atomic E-state index is 13.7. The van der Waals surface area contributed by atoms with Crippen LogP contribution in [0.5, 0.6) is 5.75 Å². The summed E-state index contributed by atoms with van der Waals surface area (Å²) in [7, 11) is -4.14. The van der Waals surface area contributed by atoms with E-state index in [1.165, 1.54) is 18.4 Å². The fraction of sp³-hybridized carbons (Fsp3) is 0.143. The highest BCUT2D eigenvalue weighted by Gasteiger charge is 2.29. The van der Waals surface area contributed by atoms with Gasteiger partial charge >= 0.3 is 0 Å². The molecular formula is C28H27N3O6S. The number of rotatable bonds is 11. The largest absolute Gasteiger partial charge is 0.492 e. The van der Waals surface area contributed by atoms with Crippen LogP contribution in [0.4, 0.5) is 11.4 Å². The monoisotopic (exact) mass is 533 g/mol. The third-order valence-electron chi connectivity index (χ3n) is 5.50. The van der Waals surface area contributed by atoms with Gasteiger partial charge in [-0.3, -0.25) is 13.9 Å². The molecule has 0 fully saturated rings. The summed E-state index contributed by atoms with van der Waals surface area (Å²) < 4.78 is 39.2. The van der Waals surface area contributed by atoms with Crippen molar-refractivity contribution in [3.8, 4) is 5.75 Å². The first-order chi connectivity index (χ1) is 18.4. The summed E-state index contributed by atoms with van der Waals surface area (Å²) >= 11 is 0. The minimum absolute atomic E-state index is 0.0248. The van der Waals surface area contributed by atoms with Crippen molar-refractivity contribution in [1.29, 1.82) is 0 Å². The van der Waals surface area contributed by atoms with Gasteiger partial charge in [-0.25, -0.2) is 8.42 Å². The first-order valence-corrected chi connectivity index (χ1v) is 13.3. The highest BCUT2D eigenvalue weighted by Crippen LogP contribution is 2.32. The van der Waals surface area contributed by atoms with Crippen LogP contribution >= 0.6 is 0 Å². The van der Waals surface area contributed by atoms with Crippen LogP contribution in [-0.2, 0) is 21.4 Å². The summed E-state index contributed by atoms with van der Waals surface area (Å²) in [6.07, 6.45) is 1.51. The maximum atomic E-state index is 13.7. The molecule has 10 heteroatoms. The Morgan fingerprint density at radius 1 is 0.895 bits per heavy atom. The number of hydrogen-bond acceptors (Lipinski definition) is 6. The van der Waals surface area contributed by atoms with Crippen molar-refractivity contribution in [2.24, 2.45) is 0 Å². The number of para-hydroxylation sites is 3. The number of ether oxygens (including phenoxy) is 1. The average molecular weight is 534 g/mol. The second kappa shape index (κ2) is 12.1. The molecule has 9 nitrogen and oxygen atoms in total. The molecule has 0 saturated carbocycles. The van der Waals surface area contributed by atoms with E-state index in [0.717, 1.165) is 4.31 Å². The first kappa shape index (κ1) is 26.5. The number of sulfonamides is 1. The van der Waals surface area contributed by atoms with Gasteiger partial charge in [0, 0.05) is 0 Å². The van der Waals surface area contributed by atoms with Crippen LogP contribution < -0.4 is 19.7 Å². The summed E-state index contributed by atoms with van der Waals surface area (Å²) in [5.74, 6) is -0.163. The van der Waals surface area contributed by atoms with Crippen LogP contribution in [0.25, 0.3) is 0 Å². The zero-order valence-electron chi connectivity index (χ0n) is 20.7. The second-order valence-electron chi connectivity index (χ2n) is 8.08. The van der Waals surface area contributed by atoms with Gasteiger partial charge in [0.25, 0.3) is 15.9 Å². The first-order valence-electron chi connectivity index (χ1n) is 11.9. The molecule has 4 aromatic rings. The van der Waals surface area contributed by atoms with E-state index >= 15 is 0 Å². The van der Waals surface area contributed by atoms with E-state index in [1.807, 2.05) is 0 Å². The molecule has 2 amide bonds. The van der Waals surface area contributed by atoms with Crippen molar-refractivity contribution in [1.82, 2.24) is 5.32 Å². The van der Waals surface area contributed by atoms with Crippen LogP contribution in [-0.4, -0.2) is 33.4 Å². The van der Waals surface area contributed by atoms with E-state index in [0.29, 0.717) is 18.1 Å². The van der Waals surface area contributed by atoms with Crippen molar-refractivity contribution < 1.29 is 27.2 Å². The van der Waals surface area contributed by atoms with E-state index < -0.39 is 28.4 Å². The number of nitrogens with zero attached hydrogens (tertiary/aromatic N) is 1. The van der Waals surface area contributed by atoms with Crippen LogP contribution in [0.3, 0.4) is 0 Å². The Morgan fingerprint density at radius 3 is 2.34 bits per heavy atom. The number of nitrogens with one attached hydrogen (secondary N) is 2. The fourth-order valence-electron chi connectivity index (χ4n) is 3.75. The van der Waals surface area contributed by atoms with Crippen molar-refractivity contribution in [2.75, 3.05) is 22.8 Å². The second-order valence-corrected chi connectivity index (χ2v) is 9.94. The molecule has 196 valence electrons. The molecule has 1 heterocycles. The van der Waals surface area contributed by atoms with Crippen LogP contribution in [0.1, 0.15) is 23.0 Å². The molecule has 0 aliphatic carbocycles. The Labute approximate surface area is 221 Å². The smallest absolute Gasteiger partial charge is 0.264 e. The maximum Gasteiger partial charge on any atom is 0.264 e. The Hall–Kier alpha value is -4.57. The van der Waals surface area contributed by atoms with E-state index in [4.69, 9.17) is 9.15 Å². The lowest BCUT2D eigenvalue weighted by atomic mass is 10.1. The zero-order chi connectivity index (χ0) is 27.0. The molecule has 0 bridgehead atoms. The minimum atomic E-state index is -4.14. The molecule has 4 rings (SSSR count).